The molecule has 29 heavy (non-hydrogen) atoms. The van der Waals surface area contributed by atoms with Crippen molar-refractivity contribution < 1.29 is 17.5 Å². The number of sulfonamides is 1. The van der Waals surface area contributed by atoms with E-state index >= 15 is 0 Å². The van der Waals surface area contributed by atoms with Crippen molar-refractivity contribution in [2.45, 2.75) is 23.7 Å². The van der Waals surface area contributed by atoms with Gasteiger partial charge in [0.05, 0.1) is 12.0 Å². The Kier molecular flexibility index (Phi) is 5.33. The van der Waals surface area contributed by atoms with Crippen LogP contribution < -0.4 is 4.74 Å². The SMILES string of the molecule is COc1cccc(S(=O)(=O)N2CCC(c3nc(-c4ccc(F)cc4)n[nH]3)CC2)c1. The molecular weight excluding hydrogens is 395 g/mol. The second-order valence-electron chi connectivity index (χ2n) is 6.91. The molecule has 7 nitrogen and oxygen atoms in total. The van der Waals surface area contributed by atoms with Crippen molar-refractivity contribution in [2.75, 3.05) is 20.2 Å². The molecule has 0 bridgehead atoms. The number of aromatic amines is 1. The van der Waals surface area contributed by atoms with Gasteiger partial charge in [0.15, 0.2) is 5.82 Å². The number of piperidine rings is 1. The predicted molar refractivity (Wildman–Crippen MR) is 106 cm³/mol. The lowest BCUT2D eigenvalue weighted by Gasteiger charge is -2.30. The molecule has 0 unspecified atom stereocenters. The Labute approximate surface area is 168 Å². The summed E-state index contributed by atoms with van der Waals surface area (Å²) in [7, 11) is -2.06. The molecule has 1 aliphatic rings. The summed E-state index contributed by atoms with van der Waals surface area (Å²) in [5, 5.41) is 7.17. The third kappa shape index (κ3) is 4.01. The molecule has 2 aromatic carbocycles. The molecule has 0 saturated carbocycles. The maximum atomic E-state index is 13.1. The molecular formula is C20H21FN4O3S. The number of nitrogens with zero attached hydrogens (tertiary/aromatic N) is 3. The first kappa shape index (κ1) is 19.5. The van der Waals surface area contributed by atoms with E-state index in [1.807, 2.05) is 0 Å². The van der Waals surface area contributed by atoms with Gasteiger partial charge in [-0.1, -0.05) is 6.07 Å². The van der Waals surface area contributed by atoms with E-state index in [1.54, 1.807) is 30.3 Å². The first-order valence-electron chi connectivity index (χ1n) is 9.30. The van der Waals surface area contributed by atoms with Crippen molar-refractivity contribution >= 4 is 10.0 Å². The van der Waals surface area contributed by atoms with Gasteiger partial charge in [-0.25, -0.2) is 17.8 Å². The van der Waals surface area contributed by atoms with Gasteiger partial charge in [-0.2, -0.15) is 9.40 Å². The highest BCUT2D eigenvalue weighted by molar-refractivity contribution is 7.89. The summed E-state index contributed by atoms with van der Waals surface area (Å²) < 4.78 is 45.6. The lowest BCUT2D eigenvalue weighted by atomic mass is 9.97. The molecule has 4 rings (SSSR count). The first-order chi connectivity index (χ1) is 14.0. The first-order valence-corrected chi connectivity index (χ1v) is 10.7. The molecule has 0 radical (unpaired) electrons. The van der Waals surface area contributed by atoms with Crippen LogP contribution in [0.15, 0.2) is 53.4 Å². The van der Waals surface area contributed by atoms with Gasteiger partial charge in [0, 0.05) is 30.6 Å². The monoisotopic (exact) mass is 416 g/mol. The molecule has 3 aromatic rings. The van der Waals surface area contributed by atoms with Gasteiger partial charge in [-0.15, -0.1) is 0 Å². The largest absolute Gasteiger partial charge is 0.497 e. The highest BCUT2D eigenvalue weighted by Gasteiger charge is 2.31. The zero-order chi connectivity index (χ0) is 20.4. The average molecular weight is 416 g/mol. The van der Waals surface area contributed by atoms with E-state index < -0.39 is 10.0 Å². The third-order valence-corrected chi connectivity index (χ3v) is 7.02. The summed E-state index contributed by atoms with van der Waals surface area (Å²) in [6, 6.07) is 12.5. The Morgan fingerprint density at radius 2 is 1.86 bits per heavy atom. The summed E-state index contributed by atoms with van der Waals surface area (Å²) in [6.07, 6.45) is 1.28. The van der Waals surface area contributed by atoms with Crippen LogP contribution in [0.2, 0.25) is 0 Å². The van der Waals surface area contributed by atoms with Crippen LogP contribution in [0.3, 0.4) is 0 Å². The van der Waals surface area contributed by atoms with Gasteiger partial charge in [0.25, 0.3) is 0 Å². The van der Waals surface area contributed by atoms with Crippen molar-refractivity contribution in [3.63, 3.8) is 0 Å². The zero-order valence-corrected chi connectivity index (χ0v) is 16.7. The van der Waals surface area contributed by atoms with E-state index in [1.165, 1.54) is 29.6 Å². The van der Waals surface area contributed by atoms with E-state index in [0.29, 0.717) is 37.5 Å². The van der Waals surface area contributed by atoms with Crippen molar-refractivity contribution in [2.24, 2.45) is 0 Å². The predicted octanol–water partition coefficient (Wildman–Crippen LogP) is 3.19. The minimum absolute atomic E-state index is 0.0912. The Bertz CT molecular complexity index is 1090. The molecule has 1 aliphatic heterocycles. The molecule has 9 heteroatoms. The molecule has 0 atom stereocenters. The number of nitrogens with one attached hydrogen (secondary N) is 1. The van der Waals surface area contributed by atoms with Gasteiger partial charge in [-0.3, -0.25) is 5.10 Å². The fraction of sp³-hybridized carbons (Fsp3) is 0.300. The molecule has 1 saturated heterocycles. The highest BCUT2D eigenvalue weighted by Crippen LogP contribution is 2.30. The van der Waals surface area contributed by atoms with E-state index in [2.05, 4.69) is 15.2 Å². The quantitative estimate of drug-likeness (QED) is 0.690. The molecule has 2 heterocycles. The lowest BCUT2D eigenvalue weighted by Crippen LogP contribution is -2.38. The number of ether oxygens (including phenoxy) is 1. The fourth-order valence-electron chi connectivity index (χ4n) is 3.47. The van der Waals surface area contributed by atoms with E-state index in [9.17, 15) is 12.8 Å². The van der Waals surface area contributed by atoms with Crippen LogP contribution >= 0.6 is 0 Å². The maximum Gasteiger partial charge on any atom is 0.243 e. The van der Waals surface area contributed by atoms with E-state index in [4.69, 9.17) is 4.74 Å². The summed E-state index contributed by atoms with van der Waals surface area (Å²) in [5.74, 6) is 1.52. The standard InChI is InChI=1S/C20H21FN4O3S/c1-28-17-3-2-4-18(13-17)29(26,27)25-11-9-15(10-12-25)20-22-19(23-24-20)14-5-7-16(21)8-6-14/h2-8,13,15H,9-12H2,1H3,(H,22,23,24). The van der Waals surface area contributed by atoms with Crippen molar-refractivity contribution in [3.05, 3.63) is 60.2 Å². The van der Waals surface area contributed by atoms with Gasteiger partial charge < -0.3 is 4.74 Å². The van der Waals surface area contributed by atoms with Crippen LogP contribution in [0.1, 0.15) is 24.6 Å². The van der Waals surface area contributed by atoms with Gasteiger partial charge in [-0.05, 0) is 49.2 Å². The number of hydrogen-bond acceptors (Lipinski definition) is 5. The van der Waals surface area contributed by atoms with E-state index in [0.717, 1.165) is 11.4 Å². The zero-order valence-electron chi connectivity index (χ0n) is 15.9. The topological polar surface area (TPSA) is 88.2 Å². The highest BCUT2D eigenvalue weighted by atomic mass is 32.2. The summed E-state index contributed by atoms with van der Waals surface area (Å²) in [6.45, 7) is 0.799. The van der Waals surface area contributed by atoms with Crippen LogP contribution in [0.5, 0.6) is 5.75 Å². The molecule has 152 valence electrons. The summed E-state index contributed by atoms with van der Waals surface area (Å²) in [4.78, 5) is 4.76. The Balaban J connectivity index is 1.45. The third-order valence-electron chi connectivity index (χ3n) is 5.12. The number of methoxy groups -OCH3 is 1. The summed E-state index contributed by atoms with van der Waals surface area (Å²) >= 11 is 0. The fourth-order valence-corrected chi connectivity index (χ4v) is 4.97. The van der Waals surface area contributed by atoms with Crippen molar-refractivity contribution in [1.82, 2.24) is 19.5 Å². The van der Waals surface area contributed by atoms with Crippen LogP contribution in [0, 0.1) is 5.82 Å². The minimum Gasteiger partial charge on any atom is -0.497 e. The smallest absolute Gasteiger partial charge is 0.243 e. The van der Waals surface area contributed by atoms with Crippen molar-refractivity contribution in [1.29, 1.82) is 0 Å². The van der Waals surface area contributed by atoms with Crippen LogP contribution in [0.25, 0.3) is 11.4 Å². The molecule has 1 fully saturated rings. The lowest BCUT2D eigenvalue weighted by molar-refractivity contribution is 0.313. The summed E-state index contributed by atoms with van der Waals surface area (Å²) in [5.41, 5.74) is 0.729. The van der Waals surface area contributed by atoms with Crippen LogP contribution in [-0.4, -0.2) is 48.1 Å². The molecule has 1 N–H and O–H groups in total. The number of halogens is 1. The van der Waals surface area contributed by atoms with Crippen LogP contribution in [0.4, 0.5) is 4.39 Å². The number of H-pyrrole nitrogens is 1. The number of rotatable bonds is 5. The number of aromatic nitrogens is 3. The second-order valence-corrected chi connectivity index (χ2v) is 8.85. The van der Waals surface area contributed by atoms with Gasteiger partial charge in [0.2, 0.25) is 10.0 Å². The number of benzene rings is 2. The Morgan fingerprint density at radius 1 is 1.14 bits per heavy atom. The second kappa shape index (κ2) is 7.92. The average Bonchev–Trinajstić information content (AvgIpc) is 3.24. The molecule has 1 aromatic heterocycles. The Hall–Kier alpha value is -2.78. The molecule has 0 spiro atoms. The minimum atomic E-state index is -3.57. The van der Waals surface area contributed by atoms with Crippen LogP contribution in [-0.2, 0) is 10.0 Å². The molecule has 0 aliphatic carbocycles. The van der Waals surface area contributed by atoms with Gasteiger partial charge >= 0.3 is 0 Å². The number of hydrogen-bond donors (Lipinski definition) is 1. The normalized spacial score (nSPS) is 16.1. The maximum absolute atomic E-state index is 13.1. The van der Waals surface area contributed by atoms with Gasteiger partial charge in [0.1, 0.15) is 17.4 Å². The Morgan fingerprint density at radius 3 is 2.55 bits per heavy atom. The van der Waals surface area contributed by atoms with E-state index in [-0.39, 0.29) is 16.6 Å². The van der Waals surface area contributed by atoms with Crippen molar-refractivity contribution in [3.8, 4) is 17.1 Å². The molecule has 0 amide bonds.